The smallest absolute Gasteiger partial charge is 0.219 e. The zero-order chi connectivity index (χ0) is 19.1. The number of nitrogens with one attached hydrogen (secondary N) is 1. The Hall–Kier alpha value is -2.40. The Morgan fingerprint density at radius 2 is 2.15 bits per heavy atom. The molecule has 0 aliphatic rings. The third-order valence-corrected chi connectivity index (χ3v) is 3.95. The number of rotatable bonds is 7. The van der Waals surface area contributed by atoms with Crippen LogP contribution in [0.2, 0.25) is 5.02 Å². The summed E-state index contributed by atoms with van der Waals surface area (Å²) >= 11 is 6.17. The van der Waals surface area contributed by atoms with Gasteiger partial charge in [0.05, 0.1) is 5.02 Å². The normalized spacial score (nSPS) is 13.4. The van der Waals surface area contributed by atoms with E-state index in [1.165, 1.54) is 6.92 Å². The molecule has 138 valence electrons. The molecule has 2 atom stereocenters. The lowest BCUT2D eigenvalue weighted by atomic mass is 10.1. The Morgan fingerprint density at radius 1 is 1.38 bits per heavy atom. The number of benzene rings is 1. The molecule has 0 spiro atoms. The van der Waals surface area contributed by atoms with E-state index in [-0.39, 0.29) is 11.9 Å². The van der Waals surface area contributed by atoms with Gasteiger partial charge in [0.1, 0.15) is 11.9 Å². The zero-order valence-electron chi connectivity index (χ0n) is 15.0. The van der Waals surface area contributed by atoms with Crippen LogP contribution in [0.15, 0.2) is 42.6 Å². The van der Waals surface area contributed by atoms with Crippen LogP contribution < -0.4 is 10.1 Å². The lowest BCUT2D eigenvalue weighted by Crippen LogP contribution is -2.28. The number of halogens is 2. The van der Waals surface area contributed by atoms with Crippen molar-refractivity contribution in [1.29, 1.82) is 0 Å². The highest BCUT2D eigenvalue weighted by Gasteiger charge is 2.11. The van der Waals surface area contributed by atoms with Crippen molar-refractivity contribution >= 4 is 23.6 Å². The van der Waals surface area contributed by atoms with Crippen LogP contribution in [-0.2, 0) is 4.79 Å². The summed E-state index contributed by atoms with van der Waals surface area (Å²) in [5.74, 6) is 0.734. The maximum atomic E-state index is 13.7. The van der Waals surface area contributed by atoms with Gasteiger partial charge in [-0.2, -0.15) is 0 Å². The molecule has 2 rings (SSSR count). The molecule has 4 nitrogen and oxygen atoms in total. The standard InChI is InChI=1S/C20H22ClFN2O2/c1-4-18(22)16-8-9-19(17(21)11-16)26-20-10-7-15(12-23-20)6-5-13(2)24-14(3)25/h5-13,18H,4H2,1-3H3,(H,24,25)/b6-5+/t13-,18?/m0/s1. The summed E-state index contributed by atoms with van der Waals surface area (Å²) in [6.45, 7) is 5.14. The Bertz CT molecular complexity index is 778. The van der Waals surface area contributed by atoms with Crippen molar-refractivity contribution in [1.82, 2.24) is 10.3 Å². The van der Waals surface area contributed by atoms with Gasteiger partial charge in [0, 0.05) is 25.2 Å². The quantitative estimate of drug-likeness (QED) is 0.695. The molecule has 1 N–H and O–H groups in total. The number of aromatic nitrogens is 1. The summed E-state index contributed by atoms with van der Waals surface area (Å²) in [7, 11) is 0. The molecule has 0 saturated carbocycles. The van der Waals surface area contributed by atoms with Gasteiger partial charge in [0.15, 0.2) is 0 Å². The maximum Gasteiger partial charge on any atom is 0.219 e. The molecular weight excluding hydrogens is 355 g/mol. The number of hydrogen-bond acceptors (Lipinski definition) is 3. The number of pyridine rings is 1. The van der Waals surface area contributed by atoms with Crippen molar-refractivity contribution in [2.24, 2.45) is 0 Å². The minimum Gasteiger partial charge on any atom is -0.437 e. The van der Waals surface area contributed by atoms with Gasteiger partial charge in [-0.25, -0.2) is 9.37 Å². The van der Waals surface area contributed by atoms with E-state index in [0.29, 0.717) is 28.6 Å². The van der Waals surface area contributed by atoms with Crippen LogP contribution in [0.1, 0.15) is 44.5 Å². The van der Waals surface area contributed by atoms with Crippen LogP contribution in [0.3, 0.4) is 0 Å². The first-order valence-corrected chi connectivity index (χ1v) is 8.79. The van der Waals surface area contributed by atoms with Gasteiger partial charge >= 0.3 is 0 Å². The van der Waals surface area contributed by atoms with Crippen molar-refractivity contribution in [3.05, 3.63) is 58.8 Å². The molecule has 0 radical (unpaired) electrons. The fourth-order valence-corrected chi connectivity index (χ4v) is 2.55. The second-order valence-corrected chi connectivity index (χ2v) is 6.35. The number of ether oxygens (including phenoxy) is 1. The van der Waals surface area contributed by atoms with Gasteiger partial charge in [-0.05, 0) is 42.7 Å². The minimum atomic E-state index is -1.04. The van der Waals surface area contributed by atoms with E-state index in [2.05, 4.69) is 10.3 Å². The lowest BCUT2D eigenvalue weighted by Gasteiger charge is -2.10. The van der Waals surface area contributed by atoms with E-state index < -0.39 is 6.17 Å². The lowest BCUT2D eigenvalue weighted by molar-refractivity contribution is -0.119. The molecule has 0 fully saturated rings. The van der Waals surface area contributed by atoms with E-state index in [1.807, 2.05) is 25.1 Å². The molecule has 1 aromatic heterocycles. The predicted octanol–water partition coefficient (Wildman–Crippen LogP) is 5.49. The fraction of sp³-hybridized carbons (Fsp3) is 0.300. The molecule has 0 bridgehead atoms. The topological polar surface area (TPSA) is 51.2 Å². The van der Waals surface area contributed by atoms with Crippen LogP contribution in [0.25, 0.3) is 6.08 Å². The maximum absolute atomic E-state index is 13.7. The summed E-state index contributed by atoms with van der Waals surface area (Å²) in [4.78, 5) is 15.2. The molecule has 6 heteroatoms. The number of nitrogens with zero attached hydrogens (tertiary/aromatic N) is 1. The SMILES string of the molecule is CCC(F)c1ccc(Oc2ccc(/C=C/[C@H](C)NC(C)=O)cn2)c(Cl)c1. The fourth-order valence-electron chi connectivity index (χ4n) is 2.32. The minimum absolute atomic E-state index is 0.0665. The van der Waals surface area contributed by atoms with Crippen molar-refractivity contribution in [3.63, 3.8) is 0 Å². The third-order valence-electron chi connectivity index (χ3n) is 3.66. The summed E-state index contributed by atoms with van der Waals surface area (Å²) in [5, 5.41) is 3.11. The Balaban J connectivity index is 2.03. The van der Waals surface area contributed by atoms with Gasteiger partial charge in [0.2, 0.25) is 11.8 Å². The van der Waals surface area contributed by atoms with Crippen LogP contribution >= 0.6 is 11.6 Å². The molecule has 0 aliphatic carbocycles. The summed E-state index contributed by atoms with van der Waals surface area (Å²) in [5.41, 5.74) is 1.41. The summed E-state index contributed by atoms with van der Waals surface area (Å²) in [6.07, 6.45) is 4.75. The van der Waals surface area contributed by atoms with Gasteiger partial charge in [0.25, 0.3) is 0 Å². The van der Waals surface area contributed by atoms with Crippen LogP contribution in [0.4, 0.5) is 4.39 Å². The zero-order valence-corrected chi connectivity index (χ0v) is 15.8. The molecule has 1 amide bonds. The van der Waals surface area contributed by atoms with Crippen molar-refractivity contribution in [2.45, 2.75) is 39.4 Å². The molecule has 1 unspecified atom stereocenters. The second-order valence-electron chi connectivity index (χ2n) is 5.95. The van der Waals surface area contributed by atoms with Crippen LogP contribution in [-0.4, -0.2) is 16.9 Å². The monoisotopic (exact) mass is 376 g/mol. The molecule has 1 aromatic carbocycles. The number of carbonyl (C=O) groups is 1. The highest BCUT2D eigenvalue weighted by Crippen LogP contribution is 2.32. The number of hydrogen-bond donors (Lipinski definition) is 1. The third kappa shape index (κ3) is 5.85. The van der Waals surface area contributed by atoms with Crippen LogP contribution in [0.5, 0.6) is 11.6 Å². The first kappa shape index (κ1) is 19.9. The first-order valence-electron chi connectivity index (χ1n) is 8.41. The van der Waals surface area contributed by atoms with Gasteiger partial charge in [-0.3, -0.25) is 4.79 Å². The van der Waals surface area contributed by atoms with E-state index in [4.69, 9.17) is 16.3 Å². The Kier molecular flexibility index (Phi) is 7.16. The summed E-state index contributed by atoms with van der Waals surface area (Å²) in [6, 6.07) is 8.38. The van der Waals surface area contributed by atoms with Crippen molar-refractivity contribution < 1.29 is 13.9 Å². The number of alkyl halides is 1. The second kappa shape index (κ2) is 9.34. The van der Waals surface area contributed by atoms with Gasteiger partial charge in [-0.1, -0.05) is 36.7 Å². The molecular formula is C20H22ClFN2O2. The molecule has 0 aliphatic heterocycles. The van der Waals surface area contributed by atoms with Crippen molar-refractivity contribution in [2.75, 3.05) is 0 Å². The predicted molar refractivity (Wildman–Crippen MR) is 102 cm³/mol. The molecule has 1 heterocycles. The van der Waals surface area contributed by atoms with Crippen molar-refractivity contribution in [3.8, 4) is 11.6 Å². The van der Waals surface area contributed by atoms with Gasteiger partial charge < -0.3 is 10.1 Å². The largest absolute Gasteiger partial charge is 0.437 e. The van der Waals surface area contributed by atoms with Gasteiger partial charge in [-0.15, -0.1) is 0 Å². The van der Waals surface area contributed by atoms with E-state index in [0.717, 1.165) is 5.56 Å². The molecule has 2 aromatic rings. The van der Waals surface area contributed by atoms with E-state index in [1.54, 1.807) is 37.4 Å². The number of amides is 1. The molecule has 0 saturated heterocycles. The van der Waals surface area contributed by atoms with E-state index >= 15 is 0 Å². The Labute approximate surface area is 158 Å². The Morgan fingerprint density at radius 3 is 2.73 bits per heavy atom. The highest BCUT2D eigenvalue weighted by atomic mass is 35.5. The average Bonchev–Trinajstić information content (AvgIpc) is 2.61. The highest BCUT2D eigenvalue weighted by molar-refractivity contribution is 6.32. The van der Waals surface area contributed by atoms with Crippen LogP contribution in [0, 0.1) is 0 Å². The first-order chi connectivity index (χ1) is 12.4. The average molecular weight is 377 g/mol. The summed E-state index contributed by atoms with van der Waals surface area (Å²) < 4.78 is 19.4. The molecule has 26 heavy (non-hydrogen) atoms. The number of carbonyl (C=O) groups excluding carboxylic acids is 1. The van der Waals surface area contributed by atoms with E-state index in [9.17, 15) is 9.18 Å².